The highest BCUT2D eigenvalue weighted by Crippen LogP contribution is 2.18. The smallest absolute Gasteiger partial charge is 0.427 e. The highest BCUT2D eigenvalue weighted by Gasteiger charge is 2.25. The third-order valence-electron chi connectivity index (χ3n) is 2.45. The molecule has 0 aliphatic carbocycles. The summed E-state index contributed by atoms with van der Waals surface area (Å²) in [6, 6.07) is 0. The van der Waals surface area contributed by atoms with Crippen LogP contribution in [0.4, 0.5) is 4.79 Å². The minimum Gasteiger partial charge on any atom is -0.427 e. The van der Waals surface area contributed by atoms with Gasteiger partial charge in [0.1, 0.15) is 5.60 Å². The van der Waals surface area contributed by atoms with Gasteiger partial charge in [-0.1, -0.05) is 12.2 Å². The molecule has 5 nitrogen and oxygen atoms in total. The van der Waals surface area contributed by atoms with Crippen molar-refractivity contribution in [2.45, 2.75) is 39.2 Å². The summed E-state index contributed by atoms with van der Waals surface area (Å²) < 4.78 is 5.06. The third-order valence-corrected chi connectivity index (χ3v) is 2.78. The molecule has 98 valence electrons. The predicted molar refractivity (Wildman–Crippen MR) is 68.4 cm³/mol. The molecule has 1 rings (SSSR count). The lowest BCUT2D eigenvalue weighted by molar-refractivity contribution is -0.152. The lowest BCUT2D eigenvalue weighted by atomic mass is 9.98. The number of rotatable bonds is 2. The van der Waals surface area contributed by atoms with Crippen LogP contribution in [0.1, 0.15) is 33.6 Å². The summed E-state index contributed by atoms with van der Waals surface area (Å²) in [6.45, 7) is 6.68. The monoisotopic (exact) mass is 260 g/mol. The average molecular weight is 260 g/mol. The van der Waals surface area contributed by atoms with E-state index in [4.69, 9.17) is 27.5 Å². The van der Waals surface area contributed by atoms with Crippen LogP contribution in [0, 0.1) is 5.92 Å². The zero-order valence-electron chi connectivity index (χ0n) is 10.6. The van der Waals surface area contributed by atoms with Crippen molar-refractivity contribution < 1.29 is 14.4 Å². The first-order chi connectivity index (χ1) is 7.78. The van der Waals surface area contributed by atoms with E-state index >= 15 is 0 Å². The van der Waals surface area contributed by atoms with Crippen molar-refractivity contribution in [2.24, 2.45) is 11.7 Å². The van der Waals surface area contributed by atoms with Crippen molar-refractivity contribution >= 4 is 23.4 Å². The van der Waals surface area contributed by atoms with Crippen LogP contribution in [0.3, 0.4) is 0 Å². The topological polar surface area (TPSA) is 64.8 Å². The first kappa shape index (κ1) is 14.2. The van der Waals surface area contributed by atoms with Gasteiger partial charge in [0.2, 0.25) is 0 Å². The number of piperidine rings is 1. The van der Waals surface area contributed by atoms with Crippen LogP contribution in [0.5, 0.6) is 0 Å². The number of thiocarbonyl (C=S) groups is 1. The van der Waals surface area contributed by atoms with E-state index in [1.165, 1.54) is 0 Å². The van der Waals surface area contributed by atoms with E-state index in [1.54, 1.807) is 25.8 Å². The maximum atomic E-state index is 11.4. The molecule has 0 radical (unpaired) electrons. The van der Waals surface area contributed by atoms with Gasteiger partial charge in [-0.3, -0.25) is 0 Å². The van der Waals surface area contributed by atoms with E-state index in [0.717, 1.165) is 12.8 Å². The van der Waals surface area contributed by atoms with Crippen LogP contribution in [0.25, 0.3) is 0 Å². The Hall–Kier alpha value is -0.880. The van der Waals surface area contributed by atoms with Gasteiger partial charge in [0, 0.05) is 19.0 Å². The Bertz CT molecular complexity index is 294. The van der Waals surface area contributed by atoms with Crippen LogP contribution in [-0.4, -0.2) is 34.9 Å². The minimum absolute atomic E-state index is 0.253. The van der Waals surface area contributed by atoms with Crippen molar-refractivity contribution in [1.82, 2.24) is 5.06 Å². The van der Waals surface area contributed by atoms with Crippen LogP contribution >= 0.6 is 12.2 Å². The zero-order valence-corrected chi connectivity index (χ0v) is 11.4. The largest absolute Gasteiger partial charge is 0.528 e. The molecule has 6 heteroatoms. The second-order valence-corrected chi connectivity index (χ2v) is 5.63. The average Bonchev–Trinajstić information content (AvgIpc) is 2.15. The first-order valence-electron chi connectivity index (χ1n) is 5.73. The molecule has 0 unspecified atom stereocenters. The number of carbonyl (C=O) groups excluding carboxylic acids is 1. The SMILES string of the molecule is CC(C)(C)OC(=O)ON1CCC(C(N)=S)CC1. The number of nitrogens with two attached hydrogens (primary N) is 1. The number of hydrogen-bond acceptors (Lipinski definition) is 5. The summed E-state index contributed by atoms with van der Waals surface area (Å²) in [6.07, 6.45) is 0.974. The molecule has 0 saturated carbocycles. The Labute approximate surface area is 107 Å². The number of carbonyl (C=O) groups is 1. The van der Waals surface area contributed by atoms with Crippen LogP contribution in [0.2, 0.25) is 0 Å². The number of hydrogen-bond donors (Lipinski definition) is 1. The van der Waals surface area contributed by atoms with Gasteiger partial charge in [-0.05, 0) is 33.6 Å². The van der Waals surface area contributed by atoms with Crippen LogP contribution in [0.15, 0.2) is 0 Å². The Morgan fingerprint density at radius 2 is 1.88 bits per heavy atom. The minimum atomic E-state index is -0.661. The molecule has 1 saturated heterocycles. The quantitative estimate of drug-likeness (QED) is 0.604. The van der Waals surface area contributed by atoms with E-state index in [2.05, 4.69) is 0 Å². The van der Waals surface area contributed by atoms with Gasteiger partial charge >= 0.3 is 6.16 Å². The molecular formula is C11H20N2O3S. The molecule has 2 N–H and O–H groups in total. The molecule has 1 aliphatic heterocycles. The molecule has 17 heavy (non-hydrogen) atoms. The van der Waals surface area contributed by atoms with Gasteiger partial charge < -0.3 is 15.3 Å². The van der Waals surface area contributed by atoms with Gasteiger partial charge in [-0.25, -0.2) is 4.79 Å². The molecule has 0 aromatic rings. The zero-order chi connectivity index (χ0) is 13.1. The number of ether oxygens (including phenoxy) is 1. The fourth-order valence-corrected chi connectivity index (χ4v) is 1.84. The first-order valence-corrected chi connectivity index (χ1v) is 6.14. The van der Waals surface area contributed by atoms with Crippen molar-refractivity contribution in [2.75, 3.05) is 13.1 Å². The summed E-state index contributed by atoms with van der Waals surface area (Å²) in [4.78, 5) is 17.0. The fraction of sp³-hybridized carbons (Fsp3) is 0.818. The van der Waals surface area contributed by atoms with Crippen molar-refractivity contribution in [1.29, 1.82) is 0 Å². The van der Waals surface area contributed by atoms with Gasteiger partial charge in [0.15, 0.2) is 0 Å². The normalized spacial score (nSPS) is 18.8. The maximum absolute atomic E-state index is 11.4. The molecule has 0 spiro atoms. The molecule has 1 aliphatic rings. The Kier molecular flexibility index (Phi) is 4.70. The Morgan fingerprint density at radius 3 is 2.29 bits per heavy atom. The summed E-state index contributed by atoms with van der Waals surface area (Å²) in [5, 5.41) is 1.60. The van der Waals surface area contributed by atoms with Crippen molar-refractivity contribution in [3.05, 3.63) is 0 Å². The highest BCUT2D eigenvalue weighted by molar-refractivity contribution is 7.80. The van der Waals surface area contributed by atoms with Crippen molar-refractivity contribution in [3.8, 4) is 0 Å². The van der Waals surface area contributed by atoms with Crippen molar-refractivity contribution in [3.63, 3.8) is 0 Å². The Balaban J connectivity index is 2.31. The molecular weight excluding hydrogens is 240 g/mol. The van der Waals surface area contributed by atoms with Gasteiger partial charge in [0.25, 0.3) is 0 Å². The summed E-state index contributed by atoms with van der Waals surface area (Å²) >= 11 is 4.94. The predicted octanol–water partition coefficient (Wildman–Crippen LogP) is 1.85. The standard InChI is InChI=1S/C11H20N2O3S/c1-11(2,3)15-10(14)16-13-6-4-8(5-7-13)9(12)17/h8H,4-7H2,1-3H3,(H2,12,17). The number of hydroxylamine groups is 2. The van der Waals surface area contributed by atoms with Crippen LogP contribution in [-0.2, 0) is 9.57 Å². The Morgan fingerprint density at radius 1 is 1.35 bits per heavy atom. The molecule has 0 bridgehead atoms. The van der Waals surface area contributed by atoms with E-state index < -0.39 is 11.8 Å². The maximum Gasteiger partial charge on any atom is 0.528 e. The molecule has 0 amide bonds. The van der Waals surface area contributed by atoms with Gasteiger partial charge in [-0.15, -0.1) is 5.06 Å². The van der Waals surface area contributed by atoms with E-state index in [9.17, 15) is 4.79 Å². The summed E-state index contributed by atoms with van der Waals surface area (Å²) in [5.74, 6) is 0.253. The fourth-order valence-electron chi connectivity index (χ4n) is 1.61. The van der Waals surface area contributed by atoms with Gasteiger partial charge in [-0.2, -0.15) is 0 Å². The molecule has 1 heterocycles. The second kappa shape index (κ2) is 5.64. The third kappa shape index (κ3) is 5.32. The summed E-state index contributed by atoms with van der Waals surface area (Å²) in [5.41, 5.74) is 5.04. The lowest BCUT2D eigenvalue weighted by Crippen LogP contribution is -2.40. The van der Waals surface area contributed by atoms with E-state index in [1.807, 2.05) is 0 Å². The highest BCUT2D eigenvalue weighted by atomic mass is 32.1. The van der Waals surface area contributed by atoms with Crippen LogP contribution < -0.4 is 5.73 Å². The second-order valence-electron chi connectivity index (χ2n) is 5.16. The number of nitrogens with zero attached hydrogens (tertiary/aromatic N) is 1. The molecule has 1 fully saturated rings. The van der Waals surface area contributed by atoms with E-state index in [0.29, 0.717) is 18.1 Å². The summed E-state index contributed by atoms with van der Waals surface area (Å²) in [7, 11) is 0. The van der Waals surface area contributed by atoms with E-state index in [-0.39, 0.29) is 5.92 Å². The molecule has 0 aromatic carbocycles. The molecule has 0 aromatic heterocycles. The lowest BCUT2D eigenvalue weighted by Gasteiger charge is -2.30. The van der Waals surface area contributed by atoms with Gasteiger partial charge in [0.05, 0.1) is 4.99 Å². The molecule has 0 atom stereocenters.